The van der Waals surface area contributed by atoms with Gasteiger partial charge in [0.15, 0.2) is 5.82 Å². The highest BCUT2D eigenvalue weighted by atomic mass is 16.5. The van der Waals surface area contributed by atoms with Crippen LogP contribution in [0.2, 0.25) is 0 Å². The molecule has 1 saturated carbocycles. The topological polar surface area (TPSA) is 91.6 Å². The molecular weight excluding hydrogens is 310 g/mol. The Morgan fingerprint density at radius 2 is 2.12 bits per heavy atom. The minimum Gasteiger partial charge on any atom is -0.339 e. The van der Waals surface area contributed by atoms with Crippen molar-refractivity contribution in [1.29, 1.82) is 0 Å². The SMILES string of the molecule is CN1C(=O)N[C@@](C)([C@@H]2CCCN(Cc3noc(C4CC4)n3)C2)C1=O. The third-order valence-corrected chi connectivity index (χ3v) is 5.52. The maximum absolute atomic E-state index is 12.5. The number of imide groups is 1. The zero-order valence-electron chi connectivity index (χ0n) is 14.1. The third kappa shape index (κ3) is 2.58. The molecule has 1 aromatic rings. The molecule has 4 rings (SSSR count). The molecule has 2 aliphatic heterocycles. The highest BCUT2D eigenvalue weighted by molar-refractivity contribution is 6.06. The summed E-state index contributed by atoms with van der Waals surface area (Å²) in [6.45, 7) is 4.15. The summed E-state index contributed by atoms with van der Waals surface area (Å²) in [6.07, 6.45) is 4.19. The van der Waals surface area contributed by atoms with E-state index >= 15 is 0 Å². The third-order valence-electron chi connectivity index (χ3n) is 5.52. The molecule has 24 heavy (non-hydrogen) atoms. The van der Waals surface area contributed by atoms with Crippen LogP contribution in [0, 0.1) is 5.92 Å². The highest BCUT2D eigenvalue weighted by Crippen LogP contribution is 2.39. The summed E-state index contributed by atoms with van der Waals surface area (Å²) in [7, 11) is 1.53. The summed E-state index contributed by atoms with van der Waals surface area (Å²) < 4.78 is 5.32. The summed E-state index contributed by atoms with van der Waals surface area (Å²) in [5, 5.41) is 6.95. The Labute approximate surface area is 140 Å². The van der Waals surface area contributed by atoms with Gasteiger partial charge in [-0.2, -0.15) is 4.98 Å². The molecule has 1 aromatic heterocycles. The number of carbonyl (C=O) groups excluding carboxylic acids is 2. The van der Waals surface area contributed by atoms with Crippen LogP contribution in [-0.4, -0.2) is 57.6 Å². The van der Waals surface area contributed by atoms with Crippen LogP contribution >= 0.6 is 0 Å². The molecule has 1 aliphatic carbocycles. The number of carbonyl (C=O) groups is 2. The van der Waals surface area contributed by atoms with Gasteiger partial charge in [-0.05, 0) is 39.2 Å². The summed E-state index contributed by atoms with van der Waals surface area (Å²) in [6, 6.07) is -0.313. The summed E-state index contributed by atoms with van der Waals surface area (Å²) in [4.78, 5) is 32.2. The van der Waals surface area contributed by atoms with Crippen molar-refractivity contribution in [3.05, 3.63) is 11.7 Å². The van der Waals surface area contributed by atoms with Crippen LogP contribution in [0.25, 0.3) is 0 Å². The highest BCUT2D eigenvalue weighted by Gasteiger charge is 2.51. The molecule has 0 radical (unpaired) electrons. The van der Waals surface area contributed by atoms with Crippen molar-refractivity contribution in [2.75, 3.05) is 20.1 Å². The minimum absolute atomic E-state index is 0.0856. The fourth-order valence-corrected chi connectivity index (χ4v) is 3.77. The molecule has 1 N–H and O–H groups in total. The molecular formula is C16H23N5O3. The predicted octanol–water partition coefficient (Wildman–Crippen LogP) is 1.10. The molecule has 3 fully saturated rings. The first-order valence-electron chi connectivity index (χ1n) is 8.62. The number of likely N-dealkylation sites (tertiary alicyclic amines) is 1. The van der Waals surface area contributed by atoms with Crippen LogP contribution in [0.15, 0.2) is 4.52 Å². The van der Waals surface area contributed by atoms with Crippen molar-refractivity contribution < 1.29 is 14.1 Å². The smallest absolute Gasteiger partial charge is 0.324 e. The van der Waals surface area contributed by atoms with E-state index in [-0.39, 0.29) is 17.9 Å². The Kier molecular flexibility index (Phi) is 3.59. The predicted molar refractivity (Wildman–Crippen MR) is 84.0 cm³/mol. The largest absolute Gasteiger partial charge is 0.339 e. The van der Waals surface area contributed by atoms with Gasteiger partial charge in [-0.3, -0.25) is 14.6 Å². The maximum atomic E-state index is 12.5. The number of likely N-dealkylation sites (N-methyl/N-ethyl adjacent to an activating group) is 1. The molecule has 8 heteroatoms. The second-order valence-corrected chi connectivity index (χ2v) is 7.39. The Balaban J connectivity index is 1.43. The van der Waals surface area contributed by atoms with Crippen molar-refractivity contribution in [3.63, 3.8) is 0 Å². The summed E-state index contributed by atoms with van der Waals surface area (Å²) in [5.74, 6) is 1.87. The second-order valence-electron chi connectivity index (χ2n) is 7.39. The average molecular weight is 333 g/mol. The van der Waals surface area contributed by atoms with E-state index in [1.165, 1.54) is 11.9 Å². The van der Waals surface area contributed by atoms with Gasteiger partial charge in [0.1, 0.15) is 5.54 Å². The number of nitrogens with one attached hydrogen (secondary N) is 1. The van der Waals surface area contributed by atoms with Crippen LogP contribution in [0.1, 0.15) is 50.2 Å². The van der Waals surface area contributed by atoms with Crippen molar-refractivity contribution in [2.24, 2.45) is 5.92 Å². The summed E-state index contributed by atoms with van der Waals surface area (Å²) in [5.41, 5.74) is -0.819. The van der Waals surface area contributed by atoms with Gasteiger partial charge < -0.3 is 9.84 Å². The molecule has 2 atom stereocenters. The maximum Gasteiger partial charge on any atom is 0.324 e. The fourth-order valence-electron chi connectivity index (χ4n) is 3.77. The molecule has 130 valence electrons. The van der Waals surface area contributed by atoms with Crippen molar-refractivity contribution in [3.8, 4) is 0 Å². The Hall–Kier alpha value is -1.96. The van der Waals surface area contributed by atoms with Crippen molar-refractivity contribution in [2.45, 2.75) is 50.6 Å². The van der Waals surface area contributed by atoms with E-state index in [4.69, 9.17) is 4.52 Å². The lowest BCUT2D eigenvalue weighted by molar-refractivity contribution is -0.132. The number of piperidine rings is 1. The van der Waals surface area contributed by atoms with Gasteiger partial charge in [0.2, 0.25) is 5.89 Å². The van der Waals surface area contributed by atoms with Crippen LogP contribution in [0.4, 0.5) is 4.79 Å². The molecule has 3 amide bonds. The lowest BCUT2D eigenvalue weighted by Gasteiger charge is -2.39. The van der Waals surface area contributed by atoms with Gasteiger partial charge >= 0.3 is 6.03 Å². The summed E-state index contributed by atoms with van der Waals surface area (Å²) >= 11 is 0. The van der Waals surface area contributed by atoms with Crippen LogP contribution in [-0.2, 0) is 11.3 Å². The number of urea groups is 1. The van der Waals surface area contributed by atoms with Gasteiger partial charge in [-0.15, -0.1) is 0 Å². The van der Waals surface area contributed by atoms with E-state index in [0.29, 0.717) is 18.3 Å². The second kappa shape index (κ2) is 5.54. The number of rotatable bonds is 4. The number of amides is 3. The normalized spacial score (nSPS) is 31.6. The Morgan fingerprint density at radius 3 is 2.79 bits per heavy atom. The molecule has 8 nitrogen and oxygen atoms in total. The molecule has 3 heterocycles. The van der Waals surface area contributed by atoms with Gasteiger partial charge in [0, 0.05) is 25.4 Å². The quantitative estimate of drug-likeness (QED) is 0.830. The lowest BCUT2D eigenvalue weighted by atomic mass is 9.80. The monoisotopic (exact) mass is 333 g/mol. The zero-order valence-corrected chi connectivity index (χ0v) is 14.1. The van der Waals surface area contributed by atoms with E-state index in [1.54, 1.807) is 0 Å². The number of hydrogen-bond acceptors (Lipinski definition) is 6. The molecule has 3 aliphatic rings. The van der Waals surface area contributed by atoms with E-state index < -0.39 is 5.54 Å². The first kappa shape index (κ1) is 15.6. The standard InChI is InChI=1S/C16H23N5O3/c1-16(14(22)20(2)15(23)18-16)11-4-3-7-21(8-11)9-12-17-13(24-19-12)10-5-6-10/h10-11H,3-9H2,1-2H3,(H,18,23)/t11-,16+/m1/s1. The van der Waals surface area contributed by atoms with Crippen molar-refractivity contribution >= 4 is 11.9 Å². The van der Waals surface area contributed by atoms with Crippen LogP contribution in [0.3, 0.4) is 0 Å². The zero-order chi connectivity index (χ0) is 16.9. The number of hydrogen-bond donors (Lipinski definition) is 1. The van der Waals surface area contributed by atoms with Gasteiger partial charge in [-0.1, -0.05) is 5.16 Å². The first-order valence-corrected chi connectivity index (χ1v) is 8.62. The molecule has 0 unspecified atom stereocenters. The molecule has 0 aromatic carbocycles. The van der Waals surface area contributed by atoms with E-state index in [0.717, 1.165) is 44.7 Å². The van der Waals surface area contributed by atoms with E-state index in [2.05, 4.69) is 20.4 Å². The molecule has 0 bridgehead atoms. The molecule has 0 spiro atoms. The van der Waals surface area contributed by atoms with E-state index in [1.807, 2.05) is 6.92 Å². The Morgan fingerprint density at radius 1 is 1.33 bits per heavy atom. The van der Waals surface area contributed by atoms with E-state index in [9.17, 15) is 9.59 Å². The molecule has 2 saturated heterocycles. The Bertz CT molecular complexity index is 670. The van der Waals surface area contributed by atoms with Crippen molar-refractivity contribution in [1.82, 2.24) is 25.3 Å². The fraction of sp³-hybridized carbons (Fsp3) is 0.750. The van der Waals surface area contributed by atoms with Gasteiger partial charge in [0.05, 0.1) is 6.54 Å². The van der Waals surface area contributed by atoms with Crippen LogP contribution < -0.4 is 5.32 Å². The van der Waals surface area contributed by atoms with Gasteiger partial charge in [-0.25, -0.2) is 4.79 Å². The van der Waals surface area contributed by atoms with Crippen LogP contribution in [0.5, 0.6) is 0 Å². The van der Waals surface area contributed by atoms with Gasteiger partial charge in [0.25, 0.3) is 5.91 Å². The lowest BCUT2D eigenvalue weighted by Crippen LogP contribution is -2.55. The first-order chi connectivity index (χ1) is 11.5. The minimum atomic E-state index is -0.819. The number of nitrogens with zero attached hydrogens (tertiary/aromatic N) is 4. The number of aromatic nitrogens is 2. The average Bonchev–Trinajstić information content (AvgIpc) is 3.29.